The Morgan fingerprint density at radius 1 is 1.03 bits per heavy atom. The van der Waals surface area contributed by atoms with E-state index in [4.69, 9.17) is 12.2 Å². The zero-order chi connectivity index (χ0) is 23.1. The molecule has 0 spiro atoms. The maximum atomic E-state index is 5.89. The molecule has 0 unspecified atom stereocenters. The van der Waals surface area contributed by atoms with Crippen LogP contribution in [0, 0.1) is 13.8 Å². The average Bonchev–Trinajstić information content (AvgIpc) is 3.52. The second kappa shape index (κ2) is 8.72. The number of thiocarbonyl (C=S) groups is 1. The van der Waals surface area contributed by atoms with Gasteiger partial charge in [0.15, 0.2) is 10.2 Å². The zero-order valence-electron chi connectivity index (χ0n) is 19.2. The zero-order valence-corrected chi connectivity index (χ0v) is 20.8. The molecule has 0 aliphatic carbocycles. The molecule has 4 heterocycles. The molecule has 1 aliphatic heterocycles. The van der Waals surface area contributed by atoms with Crippen LogP contribution in [0.2, 0.25) is 0 Å². The Morgan fingerprint density at radius 3 is 2.45 bits per heavy atom. The van der Waals surface area contributed by atoms with E-state index in [9.17, 15) is 0 Å². The molecule has 1 N–H and O–H groups in total. The first-order valence-corrected chi connectivity index (χ1v) is 12.4. The van der Waals surface area contributed by atoms with Crippen molar-refractivity contribution in [3.8, 4) is 5.13 Å². The van der Waals surface area contributed by atoms with Crippen LogP contribution < -0.4 is 10.2 Å². The van der Waals surface area contributed by atoms with Crippen LogP contribution in [0.5, 0.6) is 0 Å². The maximum absolute atomic E-state index is 5.89. The highest BCUT2D eigenvalue weighted by Gasteiger charge is 2.42. The molecule has 7 heteroatoms. The van der Waals surface area contributed by atoms with Crippen LogP contribution in [-0.2, 0) is 0 Å². The molecular weight excluding hydrogens is 446 g/mol. The second-order valence-electron chi connectivity index (χ2n) is 8.72. The third kappa shape index (κ3) is 3.85. The van der Waals surface area contributed by atoms with Crippen molar-refractivity contribution in [1.82, 2.24) is 19.9 Å². The fraction of sp³-hybridized carbons (Fsp3) is 0.269. The molecule has 0 saturated carbocycles. The van der Waals surface area contributed by atoms with Crippen molar-refractivity contribution in [3.63, 3.8) is 0 Å². The summed E-state index contributed by atoms with van der Waals surface area (Å²) in [5.74, 6) is 0.483. The topological polar surface area (TPSA) is 46.0 Å². The van der Waals surface area contributed by atoms with Gasteiger partial charge >= 0.3 is 0 Å². The van der Waals surface area contributed by atoms with Crippen molar-refractivity contribution in [3.05, 3.63) is 94.5 Å². The van der Waals surface area contributed by atoms with Gasteiger partial charge in [-0.1, -0.05) is 32.0 Å². The Kier molecular flexibility index (Phi) is 5.76. The number of benzene rings is 1. The fourth-order valence-corrected chi connectivity index (χ4v) is 5.77. The third-order valence-corrected chi connectivity index (χ3v) is 7.41. The molecule has 4 aromatic rings. The van der Waals surface area contributed by atoms with Gasteiger partial charge in [0.25, 0.3) is 0 Å². The van der Waals surface area contributed by atoms with E-state index in [0.717, 1.165) is 22.2 Å². The van der Waals surface area contributed by atoms with E-state index < -0.39 is 0 Å². The van der Waals surface area contributed by atoms with Crippen LogP contribution >= 0.6 is 23.6 Å². The summed E-state index contributed by atoms with van der Waals surface area (Å²) in [7, 11) is 0. The van der Waals surface area contributed by atoms with Crippen molar-refractivity contribution in [2.24, 2.45) is 0 Å². The number of thiazole rings is 1. The lowest BCUT2D eigenvalue weighted by atomic mass is 9.96. The quantitative estimate of drug-likeness (QED) is 0.347. The van der Waals surface area contributed by atoms with Crippen LogP contribution in [0.3, 0.4) is 0 Å². The molecule has 1 aliphatic rings. The lowest BCUT2D eigenvalue weighted by Gasteiger charge is -2.28. The van der Waals surface area contributed by atoms with Crippen LogP contribution in [0.25, 0.3) is 5.13 Å². The van der Waals surface area contributed by atoms with Gasteiger partial charge in [0, 0.05) is 34.8 Å². The second-order valence-corrected chi connectivity index (χ2v) is 9.98. The molecule has 3 aromatic heterocycles. The molecule has 2 atom stereocenters. The summed E-state index contributed by atoms with van der Waals surface area (Å²) < 4.78 is 2.23. The Balaban J connectivity index is 1.65. The van der Waals surface area contributed by atoms with E-state index in [1.165, 1.54) is 16.8 Å². The Morgan fingerprint density at radius 2 is 1.82 bits per heavy atom. The van der Waals surface area contributed by atoms with E-state index in [2.05, 4.69) is 88.8 Å². The number of aryl methyl sites for hydroxylation is 1. The largest absolute Gasteiger partial charge is 0.351 e. The SMILES string of the molecule is Cc1cc([C@H]2[C@@H](c3ccccn3)NC(=S)N2c2ccc(C(C)C)cc2)c(C)n1-c1nccs1. The average molecular weight is 474 g/mol. The van der Waals surface area contributed by atoms with Gasteiger partial charge in [0.2, 0.25) is 0 Å². The van der Waals surface area contributed by atoms with Gasteiger partial charge in [0.1, 0.15) is 0 Å². The highest BCUT2D eigenvalue weighted by Crippen LogP contribution is 2.44. The highest BCUT2D eigenvalue weighted by atomic mass is 32.1. The number of hydrogen-bond acceptors (Lipinski definition) is 4. The summed E-state index contributed by atoms with van der Waals surface area (Å²) in [5, 5.41) is 7.27. The number of nitrogens with one attached hydrogen (secondary N) is 1. The number of anilines is 1. The van der Waals surface area contributed by atoms with Gasteiger partial charge in [-0.15, -0.1) is 11.3 Å². The fourth-order valence-electron chi connectivity index (χ4n) is 4.68. The van der Waals surface area contributed by atoms with Crippen molar-refractivity contribution in [1.29, 1.82) is 0 Å². The molecule has 1 saturated heterocycles. The van der Waals surface area contributed by atoms with E-state index in [0.29, 0.717) is 11.0 Å². The Labute approximate surface area is 204 Å². The first-order valence-electron chi connectivity index (χ1n) is 11.1. The molecule has 0 amide bonds. The van der Waals surface area contributed by atoms with Crippen molar-refractivity contribution in [2.75, 3.05) is 4.90 Å². The summed E-state index contributed by atoms with van der Waals surface area (Å²) in [6.45, 7) is 8.73. The van der Waals surface area contributed by atoms with E-state index >= 15 is 0 Å². The van der Waals surface area contributed by atoms with Crippen molar-refractivity contribution >= 4 is 34.4 Å². The van der Waals surface area contributed by atoms with Gasteiger partial charge in [-0.25, -0.2) is 4.98 Å². The number of nitrogens with zero attached hydrogens (tertiary/aromatic N) is 4. The molecule has 5 nitrogen and oxygen atoms in total. The summed E-state index contributed by atoms with van der Waals surface area (Å²) >= 11 is 7.54. The van der Waals surface area contributed by atoms with Gasteiger partial charge in [-0.05, 0) is 73.4 Å². The van der Waals surface area contributed by atoms with E-state index in [1.54, 1.807) is 11.3 Å². The minimum atomic E-state index is -0.0614. The predicted octanol–water partition coefficient (Wildman–Crippen LogP) is 6.25. The molecule has 1 aromatic carbocycles. The Bertz CT molecular complexity index is 1260. The molecule has 1 fully saturated rings. The minimum Gasteiger partial charge on any atom is -0.351 e. The lowest BCUT2D eigenvalue weighted by Crippen LogP contribution is -2.29. The molecule has 0 radical (unpaired) electrons. The summed E-state index contributed by atoms with van der Waals surface area (Å²) in [6, 6.07) is 17.0. The predicted molar refractivity (Wildman–Crippen MR) is 139 cm³/mol. The summed E-state index contributed by atoms with van der Waals surface area (Å²) in [6.07, 6.45) is 3.69. The minimum absolute atomic E-state index is 0.0304. The standard InChI is InChI=1S/C26H27N5S2/c1-16(2)19-8-10-20(11-9-19)31-24(23(29-25(31)32)22-7-5-6-12-27-22)21-15-17(3)30(18(21)4)26-28-13-14-33-26/h5-16,23-24H,1-4H3,(H,29,32)/t23-,24+/m1/s1. The maximum Gasteiger partial charge on any atom is 0.193 e. The molecule has 168 valence electrons. The van der Waals surface area contributed by atoms with Crippen LogP contribution in [0.15, 0.2) is 66.3 Å². The first-order chi connectivity index (χ1) is 16.0. The van der Waals surface area contributed by atoms with Crippen molar-refractivity contribution < 1.29 is 0 Å². The number of hydrogen-bond donors (Lipinski definition) is 1. The summed E-state index contributed by atoms with van der Waals surface area (Å²) in [4.78, 5) is 11.5. The molecular formula is C26H27N5S2. The monoisotopic (exact) mass is 473 g/mol. The van der Waals surface area contributed by atoms with Crippen LogP contribution in [0.4, 0.5) is 5.69 Å². The van der Waals surface area contributed by atoms with Gasteiger partial charge in [0.05, 0.1) is 17.8 Å². The highest BCUT2D eigenvalue weighted by molar-refractivity contribution is 7.80. The normalized spacial score (nSPS) is 18.2. The Hall–Kier alpha value is -3.03. The lowest BCUT2D eigenvalue weighted by molar-refractivity contribution is 0.565. The first kappa shape index (κ1) is 21.8. The number of aromatic nitrogens is 3. The van der Waals surface area contributed by atoms with Crippen molar-refractivity contribution in [2.45, 2.75) is 45.7 Å². The van der Waals surface area contributed by atoms with Gasteiger partial charge in [-0.3, -0.25) is 9.55 Å². The molecule has 33 heavy (non-hydrogen) atoms. The number of rotatable bonds is 5. The van der Waals surface area contributed by atoms with Gasteiger partial charge < -0.3 is 10.2 Å². The number of pyridine rings is 1. The third-order valence-electron chi connectivity index (χ3n) is 6.34. The summed E-state index contributed by atoms with van der Waals surface area (Å²) in [5.41, 5.74) is 6.92. The van der Waals surface area contributed by atoms with Gasteiger partial charge in [-0.2, -0.15) is 0 Å². The molecule has 5 rings (SSSR count). The van der Waals surface area contributed by atoms with E-state index in [1.807, 2.05) is 29.9 Å². The van der Waals surface area contributed by atoms with E-state index in [-0.39, 0.29) is 12.1 Å². The molecule has 0 bridgehead atoms. The van der Waals surface area contributed by atoms with Crippen LogP contribution in [-0.4, -0.2) is 19.6 Å². The van der Waals surface area contributed by atoms with Crippen LogP contribution in [0.1, 0.15) is 60.1 Å². The smallest absolute Gasteiger partial charge is 0.193 e.